The van der Waals surface area contributed by atoms with Crippen molar-refractivity contribution in [2.45, 2.75) is 58.9 Å². The van der Waals surface area contributed by atoms with Crippen LogP contribution in [0.25, 0.3) is 0 Å². The number of nitrogens with one attached hydrogen (secondary N) is 2. The molecule has 0 aromatic carbocycles. The molecule has 2 N–H and O–H groups in total. The van der Waals surface area contributed by atoms with Gasteiger partial charge in [0.1, 0.15) is 0 Å². The number of rotatable bonds is 4. The zero-order valence-corrected chi connectivity index (χ0v) is 12.2. The van der Waals surface area contributed by atoms with Gasteiger partial charge in [-0.25, -0.2) is 0 Å². The number of carbonyl (C=O) groups excluding carboxylic acids is 1. The van der Waals surface area contributed by atoms with Crippen molar-refractivity contribution in [2.24, 2.45) is 11.3 Å². The monoisotopic (exact) mass is 263 g/mol. The molecule has 0 unspecified atom stereocenters. The number of nitrogens with zero attached hydrogens (tertiary/aromatic N) is 1. The van der Waals surface area contributed by atoms with Crippen LogP contribution in [0.1, 0.15) is 63.2 Å². The van der Waals surface area contributed by atoms with Gasteiger partial charge in [0.2, 0.25) is 0 Å². The first-order valence-electron chi connectivity index (χ1n) is 7.32. The molecule has 1 aromatic rings. The standard InChI is InChI=1S/C15H25N3O/c1-4-15(2,3)12-5-7-13(8-6-12)18-14(19)11-9-16-17-10-11/h9-10,12-13H,4-8H2,1-3H3,(H,16,17)(H,18,19). The summed E-state index contributed by atoms with van der Waals surface area (Å²) in [5.74, 6) is 0.784. The number of aromatic nitrogens is 2. The summed E-state index contributed by atoms with van der Waals surface area (Å²) in [6.45, 7) is 7.00. The summed E-state index contributed by atoms with van der Waals surface area (Å²) < 4.78 is 0. The molecule has 0 spiro atoms. The number of hydrogen-bond donors (Lipinski definition) is 2. The van der Waals surface area contributed by atoms with Crippen molar-refractivity contribution < 1.29 is 4.79 Å². The smallest absolute Gasteiger partial charge is 0.254 e. The van der Waals surface area contributed by atoms with E-state index in [9.17, 15) is 4.79 Å². The number of aromatic amines is 1. The summed E-state index contributed by atoms with van der Waals surface area (Å²) in [6.07, 6.45) is 9.07. The van der Waals surface area contributed by atoms with Gasteiger partial charge in [-0.2, -0.15) is 5.10 Å². The fraction of sp³-hybridized carbons (Fsp3) is 0.733. The third-order valence-electron chi connectivity index (χ3n) is 4.84. The molecule has 0 radical (unpaired) electrons. The van der Waals surface area contributed by atoms with Crippen molar-refractivity contribution >= 4 is 5.91 Å². The van der Waals surface area contributed by atoms with E-state index >= 15 is 0 Å². The highest BCUT2D eigenvalue weighted by Crippen LogP contribution is 2.40. The number of carbonyl (C=O) groups is 1. The zero-order chi connectivity index (χ0) is 13.9. The van der Waals surface area contributed by atoms with E-state index in [4.69, 9.17) is 0 Å². The molecule has 0 atom stereocenters. The van der Waals surface area contributed by atoms with Crippen LogP contribution in [0, 0.1) is 11.3 Å². The number of H-pyrrole nitrogens is 1. The Hall–Kier alpha value is -1.32. The fourth-order valence-electron chi connectivity index (χ4n) is 2.95. The van der Waals surface area contributed by atoms with Crippen molar-refractivity contribution in [1.82, 2.24) is 15.5 Å². The van der Waals surface area contributed by atoms with Crippen LogP contribution >= 0.6 is 0 Å². The summed E-state index contributed by atoms with van der Waals surface area (Å²) in [5, 5.41) is 9.59. The minimum atomic E-state index is -0.00745. The zero-order valence-electron chi connectivity index (χ0n) is 12.2. The second-order valence-electron chi connectivity index (χ2n) is 6.35. The van der Waals surface area contributed by atoms with Gasteiger partial charge in [-0.15, -0.1) is 0 Å². The average Bonchev–Trinajstić information content (AvgIpc) is 2.93. The number of hydrogen-bond acceptors (Lipinski definition) is 2. The summed E-state index contributed by atoms with van der Waals surface area (Å²) >= 11 is 0. The molecule has 1 amide bonds. The van der Waals surface area contributed by atoms with Crippen molar-refractivity contribution in [3.8, 4) is 0 Å². The van der Waals surface area contributed by atoms with Gasteiger partial charge in [-0.1, -0.05) is 27.2 Å². The van der Waals surface area contributed by atoms with Crippen LogP contribution in [0.2, 0.25) is 0 Å². The summed E-state index contributed by atoms with van der Waals surface area (Å²) in [7, 11) is 0. The Balaban J connectivity index is 1.82. The Labute approximate surface area is 115 Å². The topological polar surface area (TPSA) is 57.8 Å². The Bertz CT molecular complexity index is 403. The van der Waals surface area contributed by atoms with Crippen LogP contribution in [-0.4, -0.2) is 22.1 Å². The average molecular weight is 263 g/mol. The third-order valence-corrected chi connectivity index (χ3v) is 4.84. The van der Waals surface area contributed by atoms with Crippen molar-refractivity contribution in [2.75, 3.05) is 0 Å². The molecule has 1 saturated carbocycles. The molecule has 1 heterocycles. The van der Waals surface area contributed by atoms with Gasteiger partial charge in [0, 0.05) is 12.2 Å². The lowest BCUT2D eigenvalue weighted by molar-refractivity contribution is 0.0893. The van der Waals surface area contributed by atoms with Gasteiger partial charge in [0.15, 0.2) is 0 Å². The molecular formula is C15H25N3O. The van der Waals surface area contributed by atoms with Gasteiger partial charge >= 0.3 is 0 Å². The molecule has 4 nitrogen and oxygen atoms in total. The highest BCUT2D eigenvalue weighted by Gasteiger charge is 2.32. The first-order valence-corrected chi connectivity index (χ1v) is 7.32. The third kappa shape index (κ3) is 3.37. The van der Waals surface area contributed by atoms with E-state index < -0.39 is 0 Å². The molecule has 4 heteroatoms. The van der Waals surface area contributed by atoms with Gasteiger partial charge in [0.25, 0.3) is 5.91 Å². The molecule has 0 bridgehead atoms. The predicted octanol–water partition coefficient (Wildman–Crippen LogP) is 3.13. The lowest BCUT2D eigenvalue weighted by Crippen LogP contribution is -2.39. The van der Waals surface area contributed by atoms with Crippen molar-refractivity contribution in [1.29, 1.82) is 0 Å². The minimum Gasteiger partial charge on any atom is -0.349 e. The van der Waals surface area contributed by atoms with E-state index in [-0.39, 0.29) is 5.91 Å². The second kappa shape index (κ2) is 5.76. The van der Waals surface area contributed by atoms with E-state index in [0.29, 0.717) is 17.0 Å². The highest BCUT2D eigenvalue weighted by atomic mass is 16.1. The largest absolute Gasteiger partial charge is 0.349 e. The first kappa shape index (κ1) is 14.1. The summed E-state index contributed by atoms with van der Waals surface area (Å²) in [4.78, 5) is 11.9. The molecule has 1 aliphatic rings. The van der Waals surface area contributed by atoms with E-state index in [1.54, 1.807) is 12.4 Å². The van der Waals surface area contributed by atoms with Crippen molar-refractivity contribution in [3.05, 3.63) is 18.0 Å². The van der Waals surface area contributed by atoms with E-state index in [2.05, 4.69) is 36.3 Å². The van der Waals surface area contributed by atoms with Crippen LogP contribution in [0.5, 0.6) is 0 Å². The van der Waals surface area contributed by atoms with E-state index in [1.807, 2.05) is 0 Å². The van der Waals surface area contributed by atoms with Crippen LogP contribution in [0.15, 0.2) is 12.4 Å². The minimum absolute atomic E-state index is 0.00745. The van der Waals surface area contributed by atoms with Gasteiger partial charge in [-0.05, 0) is 37.0 Å². The van der Waals surface area contributed by atoms with Crippen LogP contribution in [0.4, 0.5) is 0 Å². The molecule has 0 saturated heterocycles. The Kier molecular flexibility index (Phi) is 4.27. The second-order valence-corrected chi connectivity index (χ2v) is 6.35. The molecule has 1 aromatic heterocycles. The Morgan fingerprint density at radius 2 is 2.11 bits per heavy atom. The lowest BCUT2D eigenvalue weighted by Gasteiger charge is -2.39. The maximum absolute atomic E-state index is 11.9. The fourth-order valence-corrected chi connectivity index (χ4v) is 2.95. The van der Waals surface area contributed by atoms with Gasteiger partial charge in [0.05, 0.1) is 11.8 Å². The SMILES string of the molecule is CCC(C)(C)C1CCC(NC(=O)c2cn[nH]c2)CC1. The normalized spacial score (nSPS) is 24.2. The predicted molar refractivity (Wildman–Crippen MR) is 75.9 cm³/mol. The van der Waals surface area contributed by atoms with E-state index in [1.165, 1.54) is 19.3 Å². The van der Waals surface area contributed by atoms with Gasteiger partial charge < -0.3 is 5.32 Å². The van der Waals surface area contributed by atoms with Gasteiger partial charge in [-0.3, -0.25) is 9.89 Å². The molecule has 2 rings (SSSR count). The maximum Gasteiger partial charge on any atom is 0.254 e. The highest BCUT2D eigenvalue weighted by molar-refractivity contribution is 5.93. The van der Waals surface area contributed by atoms with Crippen LogP contribution in [-0.2, 0) is 0 Å². The maximum atomic E-state index is 11.9. The molecule has 19 heavy (non-hydrogen) atoms. The molecular weight excluding hydrogens is 238 g/mol. The lowest BCUT2D eigenvalue weighted by atomic mass is 9.69. The Morgan fingerprint density at radius 1 is 1.42 bits per heavy atom. The molecule has 106 valence electrons. The summed E-state index contributed by atoms with van der Waals surface area (Å²) in [6, 6.07) is 0.325. The van der Waals surface area contributed by atoms with Crippen LogP contribution in [0.3, 0.4) is 0 Å². The van der Waals surface area contributed by atoms with Crippen molar-refractivity contribution in [3.63, 3.8) is 0 Å². The molecule has 1 aliphatic carbocycles. The van der Waals surface area contributed by atoms with Crippen LogP contribution < -0.4 is 5.32 Å². The Morgan fingerprint density at radius 3 is 2.63 bits per heavy atom. The molecule has 1 fully saturated rings. The first-order chi connectivity index (χ1) is 9.03. The molecule has 0 aliphatic heterocycles. The number of amides is 1. The van der Waals surface area contributed by atoms with E-state index in [0.717, 1.165) is 18.8 Å². The quantitative estimate of drug-likeness (QED) is 0.876. The summed E-state index contributed by atoms with van der Waals surface area (Å²) in [5.41, 5.74) is 1.05.